The van der Waals surface area contributed by atoms with E-state index in [0.717, 1.165) is 54.7 Å². The van der Waals surface area contributed by atoms with Gasteiger partial charge in [0.1, 0.15) is 10.8 Å². The van der Waals surface area contributed by atoms with Gasteiger partial charge in [-0.25, -0.2) is 4.98 Å². The number of rotatable bonds is 5. The minimum Gasteiger partial charge on any atom is -0.494 e. The van der Waals surface area contributed by atoms with Crippen molar-refractivity contribution in [2.24, 2.45) is 0 Å². The van der Waals surface area contributed by atoms with Gasteiger partial charge in [-0.15, -0.1) is 11.3 Å². The fraction of sp³-hybridized carbons (Fsp3) is 0.444. The number of hydrogen-bond donors (Lipinski definition) is 0. The highest BCUT2D eigenvalue weighted by atomic mass is 32.1. The first kappa shape index (κ1) is 16.9. The molecular formula is C18H23N3O2S. The average molecular weight is 345 g/mol. The number of carbonyl (C=O) groups is 1. The third kappa shape index (κ3) is 4.13. The molecule has 1 aliphatic rings. The van der Waals surface area contributed by atoms with Gasteiger partial charge in [-0.2, -0.15) is 0 Å². The van der Waals surface area contributed by atoms with Crippen LogP contribution in [0.5, 0.6) is 5.75 Å². The van der Waals surface area contributed by atoms with Gasteiger partial charge in [0.25, 0.3) is 0 Å². The molecular weight excluding hydrogens is 322 g/mol. The van der Waals surface area contributed by atoms with Crippen LogP contribution in [0.15, 0.2) is 29.6 Å². The monoisotopic (exact) mass is 345 g/mol. The van der Waals surface area contributed by atoms with Crippen molar-refractivity contribution in [3.63, 3.8) is 0 Å². The predicted molar refractivity (Wildman–Crippen MR) is 96.3 cm³/mol. The van der Waals surface area contributed by atoms with E-state index in [2.05, 4.69) is 22.4 Å². The smallest absolute Gasteiger partial charge is 0.219 e. The summed E-state index contributed by atoms with van der Waals surface area (Å²) in [6.07, 6.45) is 0. The molecule has 1 amide bonds. The quantitative estimate of drug-likeness (QED) is 0.836. The number of carbonyl (C=O) groups excluding carboxylic acids is 1. The molecule has 0 bridgehead atoms. The summed E-state index contributed by atoms with van der Waals surface area (Å²) >= 11 is 1.67. The van der Waals surface area contributed by atoms with E-state index in [-0.39, 0.29) is 5.91 Å². The molecule has 0 radical (unpaired) electrons. The minimum absolute atomic E-state index is 0.168. The summed E-state index contributed by atoms with van der Waals surface area (Å²) in [5.41, 5.74) is 2.22. The first-order valence-corrected chi connectivity index (χ1v) is 9.19. The second-order valence-corrected chi connectivity index (χ2v) is 6.74. The first-order valence-electron chi connectivity index (χ1n) is 8.31. The third-order valence-electron chi connectivity index (χ3n) is 4.17. The molecule has 3 rings (SSSR count). The van der Waals surface area contributed by atoms with E-state index in [1.54, 1.807) is 18.3 Å². The zero-order valence-corrected chi connectivity index (χ0v) is 15.0. The maximum absolute atomic E-state index is 11.4. The van der Waals surface area contributed by atoms with Crippen molar-refractivity contribution in [3.8, 4) is 16.3 Å². The van der Waals surface area contributed by atoms with Gasteiger partial charge < -0.3 is 9.64 Å². The van der Waals surface area contributed by atoms with E-state index < -0.39 is 0 Å². The number of ether oxygens (including phenoxy) is 1. The molecule has 0 unspecified atom stereocenters. The maximum Gasteiger partial charge on any atom is 0.219 e. The van der Waals surface area contributed by atoms with Crippen molar-refractivity contribution in [1.82, 2.24) is 14.8 Å². The Hall–Kier alpha value is -1.92. The van der Waals surface area contributed by atoms with Crippen LogP contribution in [0.1, 0.15) is 19.5 Å². The van der Waals surface area contributed by atoms with Crippen molar-refractivity contribution >= 4 is 17.2 Å². The fourth-order valence-electron chi connectivity index (χ4n) is 2.82. The van der Waals surface area contributed by atoms with Crippen LogP contribution >= 0.6 is 11.3 Å². The highest BCUT2D eigenvalue weighted by Crippen LogP contribution is 2.26. The minimum atomic E-state index is 0.168. The topological polar surface area (TPSA) is 45.7 Å². The molecule has 0 saturated carbocycles. The van der Waals surface area contributed by atoms with Crippen molar-refractivity contribution in [3.05, 3.63) is 35.3 Å². The predicted octanol–water partition coefficient (Wildman–Crippen LogP) is 2.87. The van der Waals surface area contributed by atoms with Crippen molar-refractivity contribution in [1.29, 1.82) is 0 Å². The highest BCUT2D eigenvalue weighted by Gasteiger charge is 2.19. The van der Waals surface area contributed by atoms with E-state index in [0.29, 0.717) is 6.61 Å². The fourth-order valence-corrected chi connectivity index (χ4v) is 3.64. The van der Waals surface area contributed by atoms with Crippen LogP contribution in [-0.2, 0) is 11.3 Å². The summed E-state index contributed by atoms with van der Waals surface area (Å²) in [5.74, 6) is 1.06. The largest absolute Gasteiger partial charge is 0.494 e. The molecule has 1 aromatic heterocycles. The molecule has 128 valence electrons. The molecule has 0 spiro atoms. The van der Waals surface area contributed by atoms with Crippen LogP contribution in [0.25, 0.3) is 10.6 Å². The number of aromatic nitrogens is 1. The lowest BCUT2D eigenvalue weighted by Gasteiger charge is -2.33. The van der Waals surface area contributed by atoms with Gasteiger partial charge in [0, 0.05) is 50.6 Å². The lowest BCUT2D eigenvalue weighted by molar-refractivity contribution is -0.130. The normalized spacial score (nSPS) is 15.5. The zero-order chi connectivity index (χ0) is 16.9. The third-order valence-corrected chi connectivity index (χ3v) is 5.11. The molecule has 1 saturated heterocycles. The number of nitrogens with zero attached hydrogens (tertiary/aromatic N) is 3. The van der Waals surface area contributed by atoms with Crippen LogP contribution < -0.4 is 4.74 Å². The Balaban J connectivity index is 1.58. The SMILES string of the molecule is CCOc1ccc(-c2nc(CN3CCN(C(C)=O)CC3)cs2)cc1. The summed E-state index contributed by atoms with van der Waals surface area (Å²) in [6.45, 7) is 8.59. The number of amides is 1. The van der Waals surface area contributed by atoms with Crippen LogP contribution in [0, 0.1) is 0 Å². The molecule has 0 aliphatic carbocycles. The Labute approximate surface area is 146 Å². The van der Waals surface area contributed by atoms with Crippen LogP contribution in [-0.4, -0.2) is 53.5 Å². The highest BCUT2D eigenvalue weighted by molar-refractivity contribution is 7.13. The van der Waals surface area contributed by atoms with E-state index in [1.165, 1.54) is 0 Å². The van der Waals surface area contributed by atoms with Crippen molar-refractivity contribution in [2.75, 3.05) is 32.8 Å². The molecule has 0 atom stereocenters. The standard InChI is InChI=1S/C18H23N3O2S/c1-3-23-17-6-4-15(5-7-17)18-19-16(13-24-18)12-20-8-10-21(11-9-20)14(2)22/h4-7,13H,3,8-12H2,1-2H3. The first-order chi connectivity index (χ1) is 11.7. The van der Waals surface area contributed by atoms with Gasteiger partial charge in [-0.3, -0.25) is 9.69 Å². The summed E-state index contributed by atoms with van der Waals surface area (Å²) in [6, 6.07) is 8.08. The van der Waals surface area contributed by atoms with Gasteiger partial charge in [-0.1, -0.05) is 0 Å². The molecule has 1 fully saturated rings. The molecule has 5 nitrogen and oxygen atoms in total. The number of piperazine rings is 1. The Morgan fingerprint density at radius 1 is 1.21 bits per heavy atom. The Morgan fingerprint density at radius 3 is 2.54 bits per heavy atom. The van der Waals surface area contributed by atoms with Crippen molar-refractivity contribution in [2.45, 2.75) is 20.4 Å². The molecule has 1 aliphatic heterocycles. The Morgan fingerprint density at radius 2 is 1.92 bits per heavy atom. The number of benzene rings is 1. The second kappa shape index (κ2) is 7.77. The summed E-state index contributed by atoms with van der Waals surface area (Å²) in [7, 11) is 0. The molecule has 6 heteroatoms. The van der Waals surface area contributed by atoms with Gasteiger partial charge in [-0.05, 0) is 31.2 Å². The van der Waals surface area contributed by atoms with Gasteiger partial charge in [0.15, 0.2) is 0 Å². The summed E-state index contributed by atoms with van der Waals surface area (Å²) in [5, 5.41) is 3.17. The molecule has 1 aromatic carbocycles. The van der Waals surface area contributed by atoms with Gasteiger partial charge in [0.2, 0.25) is 5.91 Å². The lowest BCUT2D eigenvalue weighted by Crippen LogP contribution is -2.47. The van der Waals surface area contributed by atoms with Crippen LogP contribution in [0.4, 0.5) is 0 Å². The number of hydrogen-bond acceptors (Lipinski definition) is 5. The van der Waals surface area contributed by atoms with Crippen LogP contribution in [0.3, 0.4) is 0 Å². The molecule has 0 N–H and O–H groups in total. The average Bonchev–Trinajstić information content (AvgIpc) is 3.05. The zero-order valence-electron chi connectivity index (χ0n) is 14.2. The van der Waals surface area contributed by atoms with E-state index >= 15 is 0 Å². The maximum atomic E-state index is 11.4. The summed E-state index contributed by atoms with van der Waals surface area (Å²) in [4.78, 5) is 20.4. The van der Waals surface area contributed by atoms with E-state index in [9.17, 15) is 4.79 Å². The van der Waals surface area contributed by atoms with E-state index in [4.69, 9.17) is 9.72 Å². The Bertz CT molecular complexity index is 676. The summed E-state index contributed by atoms with van der Waals surface area (Å²) < 4.78 is 5.48. The molecule has 2 heterocycles. The van der Waals surface area contributed by atoms with Gasteiger partial charge in [0.05, 0.1) is 12.3 Å². The van der Waals surface area contributed by atoms with Gasteiger partial charge >= 0.3 is 0 Å². The van der Waals surface area contributed by atoms with E-state index in [1.807, 2.05) is 24.0 Å². The second-order valence-electron chi connectivity index (χ2n) is 5.88. The molecule has 2 aromatic rings. The van der Waals surface area contributed by atoms with Crippen molar-refractivity contribution < 1.29 is 9.53 Å². The number of thiazole rings is 1. The van der Waals surface area contributed by atoms with Crippen LogP contribution in [0.2, 0.25) is 0 Å². The lowest BCUT2D eigenvalue weighted by atomic mass is 10.2. The Kier molecular flexibility index (Phi) is 5.48. The molecule has 24 heavy (non-hydrogen) atoms.